The molecule has 1 aliphatic carbocycles. The quantitative estimate of drug-likeness (QED) is 0.557. The molecule has 0 aliphatic heterocycles. The van der Waals surface area contributed by atoms with Gasteiger partial charge in [0.2, 0.25) is 0 Å². The van der Waals surface area contributed by atoms with Gasteiger partial charge in [0.1, 0.15) is 6.29 Å². The van der Waals surface area contributed by atoms with Crippen molar-refractivity contribution in [3.05, 3.63) is 0 Å². The summed E-state index contributed by atoms with van der Waals surface area (Å²) in [4.78, 5) is 11.5. The van der Waals surface area contributed by atoms with E-state index in [9.17, 15) is 4.79 Å². The van der Waals surface area contributed by atoms with Crippen LogP contribution in [0.5, 0.6) is 0 Å². The van der Waals surface area contributed by atoms with Crippen molar-refractivity contribution in [2.75, 3.05) is 0 Å². The predicted molar refractivity (Wildman–Crippen MR) is 57.6 cm³/mol. The van der Waals surface area contributed by atoms with Crippen LogP contribution in [-0.4, -0.2) is 11.3 Å². The molecule has 0 heterocycles. The van der Waals surface area contributed by atoms with Crippen molar-refractivity contribution < 1.29 is 4.79 Å². The van der Waals surface area contributed by atoms with Crippen LogP contribution < -0.4 is 5.73 Å². The lowest BCUT2D eigenvalue weighted by Gasteiger charge is -2.31. The van der Waals surface area contributed by atoms with Crippen LogP contribution >= 0.6 is 12.2 Å². The molecule has 1 rings (SSSR count). The molecular weight excluding hydrogens is 182 g/mol. The molecule has 0 radical (unpaired) electrons. The number of hydrogen-bond acceptors (Lipinski definition) is 2. The molecule has 0 saturated heterocycles. The second-order valence-electron chi connectivity index (χ2n) is 4.01. The van der Waals surface area contributed by atoms with Crippen LogP contribution in [0.15, 0.2) is 0 Å². The molecule has 0 aromatic carbocycles. The Bertz CT molecular complexity index is 197. The van der Waals surface area contributed by atoms with Gasteiger partial charge in [0, 0.05) is 5.41 Å². The summed E-state index contributed by atoms with van der Waals surface area (Å²) in [6.07, 6.45) is 8.37. The standard InChI is InChI=1S/C10H17NOS/c11-9(13)4-7-10(8-12)5-2-1-3-6-10/h8H,1-7H2,(H2,11,13). The van der Waals surface area contributed by atoms with Gasteiger partial charge in [-0.1, -0.05) is 31.5 Å². The fourth-order valence-corrected chi connectivity index (χ4v) is 2.16. The molecule has 0 aromatic heterocycles. The molecule has 0 amide bonds. The lowest BCUT2D eigenvalue weighted by molar-refractivity contribution is -0.118. The topological polar surface area (TPSA) is 43.1 Å². The molecular formula is C10H17NOS. The van der Waals surface area contributed by atoms with E-state index in [1.54, 1.807) is 0 Å². The SMILES string of the molecule is NC(=S)CCC1(C=O)CCCCC1. The second kappa shape index (κ2) is 4.70. The number of aldehydes is 1. The smallest absolute Gasteiger partial charge is 0.126 e. The monoisotopic (exact) mass is 199 g/mol. The summed E-state index contributed by atoms with van der Waals surface area (Å²) in [5, 5.41) is 0. The summed E-state index contributed by atoms with van der Waals surface area (Å²) in [6, 6.07) is 0. The number of rotatable bonds is 4. The summed E-state index contributed by atoms with van der Waals surface area (Å²) in [7, 11) is 0. The second-order valence-corrected chi connectivity index (χ2v) is 4.53. The summed E-state index contributed by atoms with van der Waals surface area (Å²) in [5.41, 5.74) is 5.34. The first kappa shape index (κ1) is 10.6. The maximum atomic E-state index is 11.0. The Morgan fingerprint density at radius 2 is 2.00 bits per heavy atom. The molecule has 3 heteroatoms. The summed E-state index contributed by atoms with van der Waals surface area (Å²) < 4.78 is 0. The molecule has 74 valence electrons. The van der Waals surface area contributed by atoms with E-state index in [-0.39, 0.29) is 5.41 Å². The van der Waals surface area contributed by atoms with Crippen LogP contribution in [0.1, 0.15) is 44.9 Å². The predicted octanol–water partition coefficient (Wildman–Crippen LogP) is 2.20. The van der Waals surface area contributed by atoms with Crippen molar-refractivity contribution in [3.63, 3.8) is 0 Å². The molecule has 0 bridgehead atoms. The van der Waals surface area contributed by atoms with Crippen molar-refractivity contribution in [2.45, 2.75) is 44.9 Å². The maximum Gasteiger partial charge on any atom is 0.126 e. The molecule has 13 heavy (non-hydrogen) atoms. The molecule has 1 aliphatic rings. The molecule has 2 nitrogen and oxygen atoms in total. The van der Waals surface area contributed by atoms with Gasteiger partial charge in [-0.3, -0.25) is 0 Å². The first-order chi connectivity index (χ1) is 6.18. The Balaban J connectivity index is 2.47. The van der Waals surface area contributed by atoms with Crippen molar-refractivity contribution in [3.8, 4) is 0 Å². The highest BCUT2D eigenvalue weighted by molar-refractivity contribution is 7.80. The number of carbonyl (C=O) groups excluding carboxylic acids is 1. The number of thiocarbonyl (C=S) groups is 1. The average Bonchev–Trinajstić information content (AvgIpc) is 2.16. The van der Waals surface area contributed by atoms with Crippen molar-refractivity contribution in [1.29, 1.82) is 0 Å². The third kappa shape index (κ3) is 3.07. The van der Waals surface area contributed by atoms with Crippen molar-refractivity contribution in [2.24, 2.45) is 11.1 Å². The zero-order valence-corrected chi connectivity index (χ0v) is 8.74. The molecule has 1 saturated carbocycles. The van der Waals surface area contributed by atoms with E-state index < -0.39 is 0 Å². The first-order valence-electron chi connectivity index (χ1n) is 4.93. The van der Waals surface area contributed by atoms with Crippen molar-refractivity contribution >= 4 is 23.5 Å². The van der Waals surface area contributed by atoms with Gasteiger partial charge in [0.05, 0.1) is 4.99 Å². The van der Waals surface area contributed by atoms with Gasteiger partial charge in [-0.05, 0) is 25.7 Å². The highest BCUT2D eigenvalue weighted by Crippen LogP contribution is 2.38. The van der Waals surface area contributed by atoms with Gasteiger partial charge >= 0.3 is 0 Å². The highest BCUT2D eigenvalue weighted by Gasteiger charge is 2.31. The minimum Gasteiger partial charge on any atom is -0.393 e. The Hall–Kier alpha value is -0.440. The minimum absolute atomic E-state index is 0.0956. The largest absolute Gasteiger partial charge is 0.393 e. The lowest BCUT2D eigenvalue weighted by Crippen LogP contribution is -2.27. The molecule has 0 atom stereocenters. The number of hydrogen-bond donors (Lipinski definition) is 1. The Morgan fingerprint density at radius 3 is 2.46 bits per heavy atom. The van der Waals surface area contributed by atoms with Crippen LogP contribution in [0.25, 0.3) is 0 Å². The fraction of sp³-hybridized carbons (Fsp3) is 0.800. The van der Waals surface area contributed by atoms with E-state index in [4.69, 9.17) is 18.0 Å². The van der Waals surface area contributed by atoms with E-state index in [2.05, 4.69) is 0 Å². The molecule has 0 unspecified atom stereocenters. The zero-order chi connectivity index (χ0) is 9.73. The summed E-state index contributed by atoms with van der Waals surface area (Å²) >= 11 is 4.82. The minimum atomic E-state index is -0.0956. The van der Waals surface area contributed by atoms with E-state index in [1.807, 2.05) is 0 Å². The maximum absolute atomic E-state index is 11.0. The van der Waals surface area contributed by atoms with Gasteiger partial charge < -0.3 is 10.5 Å². The van der Waals surface area contributed by atoms with Gasteiger partial charge in [0.25, 0.3) is 0 Å². The molecule has 0 spiro atoms. The first-order valence-corrected chi connectivity index (χ1v) is 5.34. The van der Waals surface area contributed by atoms with Crippen molar-refractivity contribution in [1.82, 2.24) is 0 Å². The number of nitrogens with two attached hydrogens (primary N) is 1. The number of carbonyl (C=O) groups is 1. The molecule has 0 aromatic rings. The normalized spacial score (nSPS) is 20.9. The Kier molecular flexibility index (Phi) is 3.85. The Morgan fingerprint density at radius 1 is 1.38 bits per heavy atom. The third-order valence-corrected chi connectivity index (χ3v) is 3.17. The lowest BCUT2D eigenvalue weighted by atomic mass is 9.72. The van der Waals surface area contributed by atoms with Gasteiger partial charge in [-0.15, -0.1) is 0 Å². The van der Waals surface area contributed by atoms with E-state index in [0.717, 1.165) is 25.5 Å². The Labute approximate surface area is 84.9 Å². The summed E-state index contributed by atoms with van der Waals surface area (Å²) in [5.74, 6) is 0. The van der Waals surface area contributed by atoms with Gasteiger partial charge in [-0.2, -0.15) is 0 Å². The van der Waals surface area contributed by atoms with Crippen LogP contribution in [0.3, 0.4) is 0 Å². The third-order valence-electron chi connectivity index (χ3n) is 2.97. The van der Waals surface area contributed by atoms with Gasteiger partial charge in [-0.25, -0.2) is 0 Å². The van der Waals surface area contributed by atoms with Gasteiger partial charge in [0.15, 0.2) is 0 Å². The molecule has 1 fully saturated rings. The van der Waals surface area contributed by atoms with E-state index in [1.165, 1.54) is 19.3 Å². The fourth-order valence-electron chi connectivity index (χ4n) is 2.05. The van der Waals surface area contributed by atoms with E-state index in [0.29, 0.717) is 11.4 Å². The summed E-state index contributed by atoms with van der Waals surface area (Å²) in [6.45, 7) is 0. The molecule has 2 N–H and O–H groups in total. The van der Waals surface area contributed by atoms with Crippen LogP contribution in [0.4, 0.5) is 0 Å². The van der Waals surface area contributed by atoms with Crippen LogP contribution in [0, 0.1) is 5.41 Å². The zero-order valence-electron chi connectivity index (χ0n) is 7.92. The van der Waals surface area contributed by atoms with Crippen LogP contribution in [-0.2, 0) is 4.79 Å². The highest BCUT2D eigenvalue weighted by atomic mass is 32.1. The van der Waals surface area contributed by atoms with E-state index >= 15 is 0 Å². The average molecular weight is 199 g/mol. The van der Waals surface area contributed by atoms with Crippen LogP contribution in [0.2, 0.25) is 0 Å².